The zero-order chi connectivity index (χ0) is 14.1. The Kier molecular flexibility index (Phi) is 3.63. The normalized spacial score (nSPS) is 19.5. The lowest BCUT2D eigenvalue weighted by Crippen LogP contribution is -2.49. The molecule has 0 radical (unpaired) electrons. The van der Waals surface area contributed by atoms with Crippen LogP contribution < -0.4 is 0 Å². The summed E-state index contributed by atoms with van der Waals surface area (Å²) in [5, 5.41) is 5.25. The number of amides is 1. The second-order valence-corrected chi connectivity index (χ2v) is 5.18. The second-order valence-electron chi connectivity index (χ2n) is 4.87. The minimum absolute atomic E-state index is 0.0734. The number of aromatic nitrogens is 2. The molecule has 1 saturated heterocycles. The molecule has 1 atom stereocenters. The average molecular weight is 294 g/mol. The summed E-state index contributed by atoms with van der Waals surface area (Å²) >= 11 is 5.93. The van der Waals surface area contributed by atoms with Gasteiger partial charge < -0.3 is 9.64 Å². The van der Waals surface area contributed by atoms with E-state index in [-0.39, 0.29) is 11.9 Å². The predicted molar refractivity (Wildman–Crippen MR) is 77.1 cm³/mol. The Balaban J connectivity index is 2.00. The van der Waals surface area contributed by atoms with E-state index in [0.717, 1.165) is 10.9 Å². The number of nitrogens with zero attached hydrogens (tertiary/aromatic N) is 3. The number of carbonyl (C=O) groups is 1. The summed E-state index contributed by atoms with van der Waals surface area (Å²) in [5.74, 6) is 0.298. The number of hydrogen-bond donors (Lipinski definition) is 0. The fraction of sp³-hybridized carbons (Fsp3) is 0.429. The van der Waals surface area contributed by atoms with E-state index >= 15 is 0 Å². The molecule has 0 aliphatic carbocycles. The van der Waals surface area contributed by atoms with Crippen molar-refractivity contribution in [3.8, 4) is 0 Å². The largest absolute Gasteiger partial charge is 0.377 e. The maximum absolute atomic E-state index is 12.7. The molecule has 5 nitrogen and oxygen atoms in total. The molecule has 1 aliphatic heterocycles. The van der Waals surface area contributed by atoms with Crippen molar-refractivity contribution in [2.45, 2.75) is 6.04 Å². The third-order valence-electron chi connectivity index (χ3n) is 3.63. The van der Waals surface area contributed by atoms with Crippen molar-refractivity contribution in [3.63, 3.8) is 0 Å². The molecule has 6 heteroatoms. The number of benzene rings is 1. The topological polar surface area (TPSA) is 47.4 Å². The van der Waals surface area contributed by atoms with Crippen molar-refractivity contribution in [1.29, 1.82) is 0 Å². The van der Waals surface area contributed by atoms with E-state index in [4.69, 9.17) is 16.3 Å². The Morgan fingerprint density at radius 2 is 2.30 bits per heavy atom. The van der Waals surface area contributed by atoms with E-state index in [2.05, 4.69) is 5.10 Å². The van der Waals surface area contributed by atoms with Crippen molar-refractivity contribution >= 4 is 28.4 Å². The minimum atomic E-state index is -0.0846. The van der Waals surface area contributed by atoms with Crippen molar-refractivity contribution < 1.29 is 9.53 Å². The van der Waals surface area contributed by atoms with E-state index < -0.39 is 0 Å². The summed E-state index contributed by atoms with van der Waals surface area (Å²) in [6.45, 7) is 1.59. The van der Waals surface area contributed by atoms with Gasteiger partial charge in [-0.15, -0.1) is 11.6 Å². The highest BCUT2D eigenvalue weighted by molar-refractivity contribution is 6.18. The Bertz CT molecular complexity index is 640. The van der Waals surface area contributed by atoms with Gasteiger partial charge in [0.05, 0.1) is 24.8 Å². The standard InChI is InChI=1S/C14H16ClN3O2/c1-17-12-5-3-2-4-11(12)13(16-17)14(19)18-6-7-20-9-10(18)8-15/h2-5,10H,6-9H2,1H3. The zero-order valence-electron chi connectivity index (χ0n) is 11.3. The molecular formula is C14H16ClN3O2. The molecule has 3 rings (SSSR count). The number of halogens is 1. The maximum atomic E-state index is 12.7. The molecule has 2 aromatic rings. The van der Waals surface area contributed by atoms with Gasteiger partial charge in [-0.2, -0.15) is 5.10 Å². The first-order valence-electron chi connectivity index (χ1n) is 6.59. The zero-order valence-corrected chi connectivity index (χ0v) is 12.0. The number of alkyl halides is 1. The number of aryl methyl sites for hydroxylation is 1. The van der Waals surface area contributed by atoms with E-state index in [9.17, 15) is 4.79 Å². The van der Waals surface area contributed by atoms with Crippen LogP contribution in [0.4, 0.5) is 0 Å². The molecule has 1 aromatic carbocycles. The van der Waals surface area contributed by atoms with Crippen LogP contribution >= 0.6 is 11.6 Å². The monoisotopic (exact) mass is 293 g/mol. The van der Waals surface area contributed by atoms with Crippen molar-refractivity contribution in [1.82, 2.24) is 14.7 Å². The summed E-state index contributed by atoms with van der Waals surface area (Å²) in [4.78, 5) is 14.5. The van der Waals surface area contributed by atoms with Crippen molar-refractivity contribution in [2.24, 2.45) is 7.05 Å². The highest BCUT2D eigenvalue weighted by atomic mass is 35.5. The third-order valence-corrected chi connectivity index (χ3v) is 3.98. The Morgan fingerprint density at radius 1 is 1.50 bits per heavy atom. The highest BCUT2D eigenvalue weighted by Crippen LogP contribution is 2.21. The molecule has 2 heterocycles. The Labute approximate surface area is 122 Å². The lowest BCUT2D eigenvalue weighted by molar-refractivity contribution is 0.00430. The Hall–Kier alpha value is -1.59. The SMILES string of the molecule is Cn1nc(C(=O)N2CCOCC2CCl)c2ccccc21. The maximum Gasteiger partial charge on any atom is 0.275 e. The van der Waals surface area contributed by atoms with Crippen molar-refractivity contribution in [3.05, 3.63) is 30.0 Å². The summed E-state index contributed by atoms with van der Waals surface area (Å²) in [5.41, 5.74) is 1.44. The molecule has 0 saturated carbocycles. The molecule has 20 heavy (non-hydrogen) atoms. The number of hydrogen-bond acceptors (Lipinski definition) is 3. The third kappa shape index (κ3) is 2.17. The van der Waals surface area contributed by atoms with E-state index in [1.165, 1.54) is 0 Å². The van der Waals surface area contributed by atoms with Crippen molar-refractivity contribution in [2.75, 3.05) is 25.6 Å². The van der Waals surface area contributed by atoms with Gasteiger partial charge >= 0.3 is 0 Å². The van der Waals surface area contributed by atoms with Gasteiger partial charge in [-0.1, -0.05) is 18.2 Å². The van der Waals surface area contributed by atoms with Gasteiger partial charge in [-0.05, 0) is 6.07 Å². The molecule has 1 aliphatic rings. The van der Waals surface area contributed by atoms with Crippen LogP contribution in [0.1, 0.15) is 10.5 Å². The fourth-order valence-electron chi connectivity index (χ4n) is 2.56. The van der Waals surface area contributed by atoms with Gasteiger partial charge in [0.2, 0.25) is 0 Å². The van der Waals surface area contributed by atoms with Crippen LogP contribution in [-0.2, 0) is 11.8 Å². The van der Waals surface area contributed by atoms with E-state index in [1.807, 2.05) is 31.3 Å². The van der Waals surface area contributed by atoms with Crippen LogP contribution in [0, 0.1) is 0 Å². The van der Waals surface area contributed by atoms with Gasteiger partial charge in [0.25, 0.3) is 5.91 Å². The summed E-state index contributed by atoms with van der Waals surface area (Å²) in [6, 6.07) is 7.65. The first kappa shape index (κ1) is 13.4. The van der Waals surface area contributed by atoms with Gasteiger partial charge in [0, 0.05) is 24.9 Å². The summed E-state index contributed by atoms with van der Waals surface area (Å²) in [6.07, 6.45) is 0. The van der Waals surface area contributed by atoms with Crippen LogP contribution in [0.15, 0.2) is 24.3 Å². The summed E-state index contributed by atoms with van der Waals surface area (Å²) < 4.78 is 7.11. The van der Waals surface area contributed by atoms with Crippen LogP contribution in [-0.4, -0.2) is 52.3 Å². The van der Waals surface area contributed by atoms with E-state index in [0.29, 0.717) is 31.3 Å². The first-order chi connectivity index (χ1) is 9.72. The number of ether oxygens (including phenoxy) is 1. The lowest BCUT2D eigenvalue weighted by Gasteiger charge is -2.34. The smallest absolute Gasteiger partial charge is 0.275 e. The Morgan fingerprint density at radius 3 is 3.10 bits per heavy atom. The molecule has 1 amide bonds. The number of para-hydroxylation sites is 1. The molecule has 0 N–H and O–H groups in total. The molecule has 0 spiro atoms. The van der Waals surface area contributed by atoms with Gasteiger partial charge in [-0.3, -0.25) is 9.48 Å². The minimum Gasteiger partial charge on any atom is -0.377 e. The van der Waals surface area contributed by atoms with Gasteiger partial charge in [0.15, 0.2) is 5.69 Å². The molecule has 0 bridgehead atoms. The number of rotatable bonds is 2. The van der Waals surface area contributed by atoms with Crippen LogP contribution in [0.25, 0.3) is 10.9 Å². The quantitative estimate of drug-likeness (QED) is 0.791. The number of fused-ring (bicyclic) bond motifs is 1. The van der Waals surface area contributed by atoms with E-state index in [1.54, 1.807) is 9.58 Å². The van der Waals surface area contributed by atoms with Crippen LogP contribution in [0.5, 0.6) is 0 Å². The van der Waals surface area contributed by atoms with Crippen LogP contribution in [0.2, 0.25) is 0 Å². The number of morpholine rings is 1. The fourth-order valence-corrected chi connectivity index (χ4v) is 2.81. The summed E-state index contributed by atoms with van der Waals surface area (Å²) in [7, 11) is 1.84. The lowest BCUT2D eigenvalue weighted by atomic mass is 10.1. The molecule has 1 fully saturated rings. The molecular weight excluding hydrogens is 278 g/mol. The molecule has 1 aromatic heterocycles. The van der Waals surface area contributed by atoms with Gasteiger partial charge in [-0.25, -0.2) is 0 Å². The second kappa shape index (κ2) is 5.42. The predicted octanol–water partition coefficient (Wildman–Crippen LogP) is 1.65. The first-order valence-corrected chi connectivity index (χ1v) is 7.12. The molecule has 106 valence electrons. The average Bonchev–Trinajstić information content (AvgIpc) is 2.84. The highest BCUT2D eigenvalue weighted by Gasteiger charge is 2.30. The molecule has 1 unspecified atom stereocenters. The van der Waals surface area contributed by atoms with Gasteiger partial charge in [0.1, 0.15) is 0 Å². The van der Waals surface area contributed by atoms with Crippen LogP contribution in [0.3, 0.4) is 0 Å². The number of carbonyl (C=O) groups excluding carboxylic acids is 1.